The van der Waals surface area contributed by atoms with E-state index in [4.69, 9.17) is 4.74 Å². The summed E-state index contributed by atoms with van der Waals surface area (Å²) in [6.07, 6.45) is 6.74. The molecule has 7 heteroatoms. The highest BCUT2D eigenvalue weighted by atomic mass is 32.1. The van der Waals surface area contributed by atoms with Crippen LogP contribution in [0.15, 0.2) is 108 Å². The molecule has 7 rings (SSSR count). The zero-order valence-corrected chi connectivity index (χ0v) is 31.6. The molecule has 0 amide bonds. The number of ether oxygens (including phenoxy) is 1. The second kappa shape index (κ2) is 17.6. The Hall–Kier alpha value is -3.43. The number of carbonyl (C=O) groups excluding carboxylic acids is 1. The normalized spacial score (nSPS) is 24.3. The first-order chi connectivity index (χ1) is 25.1. The van der Waals surface area contributed by atoms with E-state index >= 15 is 0 Å². The molecule has 2 bridgehead atoms. The van der Waals surface area contributed by atoms with Gasteiger partial charge >= 0.3 is 0 Å². The maximum atomic E-state index is 14.3. The molecule has 0 saturated heterocycles. The molecule has 1 aromatic heterocycles. The third kappa shape index (κ3) is 9.37. The van der Waals surface area contributed by atoms with Gasteiger partial charge in [0.1, 0.15) is 0 Å². The summed E-state index contributed by atoms with van der Waals surface area (Å²) in [5.74, 6) is -0.0854. The number of aliphatic hydroxyl groups excluding tert-OH is 2. The first-order valence-electron chi connectivity index (χ1n) is 19.0. The lowest BCUT2D eigenvalue weighted by atomic mass is 9.64. The van der Waals surface area contributed by atoms with Gasteiger partial charge in [0.2, 0.25) is 0 Å². The van der Waals surface area contributed by atoms with E-state index in [-0.39, 0.29) is 18.3 Å². The topological polar surface area (TPSA) is 90.2 Å². The van der Waals surface area contributed by atoms with Crippen LogP contribution in [0.2, 0.25) is 0 Å². The predicted octanol–water partition coefficient (Wildman–Crippen LogP) is 8.14. The number of hydrogen-bond acceptors (Lipinski definition) is 7. The number of carbonyl (C=O) groups is 1. The van der Waals surface area contributed by atoms with E-state index < -0.39 is 23.2 Å². The minimum Gasteiger partial charge on any atom is -0.393 e. The van der Waals surface area contributed by atoms with Crippen LogP contribution in [-0.2, 0) is 24.2 Å². The zero-order valence-electron chi connectivity index (χ0n) is 30.8. The second-order valence-electron chi connectivity index (χ2n) is 15.4. The van der Waals surface area contributed by atoms with Crippen molar-refractivity contribution in [2.75, 3.05) is 26.2 Å². The smallest absolute Gasteiger partial charge is 0.193 e. The lowest BCUT2D eigenvalue weighted by molar-refractivity contribution is -0.0905. The molecule has 52 heavy (non-hydrogen) atoms. The average molecular weight is 722 g/mol. The number of allylic oxidation sites excluding steroid dienone is 2. The molecular weight excluding hydrogens is 667 g/mol. The number of hydrogen-bond donors (Lipinski definition) is 3. The molecule has 276 valence electrons. The van der Waals surface area contributed by atoms with Gasteiger partial charge in [-0.2, -0.15) is 0 Å². The van der Waals surface area contributed by atoms with E-state index in [0.29, 0.717) is 56.6 Å². The fourth-order valence-electron chi connectivity index (χ4n) is 8.51. The van der Waals surface area contributed by atoms with Crippen molar-refractivity contribution >= 4 is 17.1 Å². The molecule has 3 aliphatic carbocycles. The van der Waals surface area contributed by atoms with Gasteiger partial charge in [-0.15, -0.1) is 11.3 Å². The van der Waals surface area contributed by atoms with Crippen molar-refractivity contribution in [2.45, 2.75) is 95.5 Å². The molecule has 1 heterocycles. The number of thiophene rings is 1. The Morgan fingerprint density at radius 1 is 1.00 bits per heavy atom. The number of nitrogens with zero attached hydrogens (tertiary/aromatic N) is 1. The molecule has 5 atom stereocenters. The molecule has 3 aromatic carbocycles. The maximum Gasteiger partial charge on any atom is 0.193 e. The minimum atomic E-state index is -1.07. The van der Waals surface area contributed by atoms with E-state index in [0.717, 1.165) is 48.8 Å². The molecule has 3 N–H and O–H groups in total. The number of benzene rings is 3. The van der Waals surface area contributed by atoms with Gasteiger partial charge in [-0.25, -0.2) is 0 Å². The minimum absolute atomic E-state index is 0.0243. The van der Waals surface area contributed by atoms with Crippen LogP contribution in [0.5, 0.6) is 0 Å². The van der Waals surface area contributed by atoms with Crippen LogP contribution in [0.1, 0.15) is 95.8 Å². The Morgan fingerprint density at radius 2 is 1.77 bits per heavy atom. The number of rotatable bonds is 13. The molecule has 0 aliphatic heterocycles. The largest absolute Gasteiger partial charge is 0.393 e. The molecule has 3 aliphatic rings. The van der Waals surface area contributed by atoms with Gasteiger partial charge in [0, 0.05) is 41.1 Å². The van der Waals surface area contributed by atoms with Crippen LogP contribution < -0.4 is 0 Å². The monoisotopic (exact) mass is 721 g/mol. The van der Waals surface area contributed by atoms with Crippen molar-refractivity contribution in [1.29, 1.82) is 0 Å². The molecule has 0 radical (unpaired) electrons. The van der Waals surface area contributed by atoms with Crippen LogP contribution >= 0.6 is 11.3 Å². The van der Waals surface area contributed by atoms with E-state index in [9.17, 15) is 20.1 Å². The fourth-order valence-corrected chi connectivity index (χ4v) is 9.21. The summed E-state index contributed by atoms with van der Waals surface area (Å²) in [4.78, 5) is 17.8. The summed E-state index contributed by atoms with van der Waals surface area (Å²) in [5.41, 5.74) is 3.92. The van der Waals surface area contributed by atoms with Crippen molar-refractivity contribution in [1.82, 2.24) is 4.90 Å². The Morgan fingerprint density at radius 3 is 2.52 bits per heavy atom. The van der Waals surface area contributed by atoms with Crippen molar-refractivity contribution in [3.05, 3.63) is 141 Å². The summed E-state index contributed by atoms with van der Waals surface area (Å²) in [6, 6.07) is 29.8. The zero-order chi connectivity index (χ0) is 36.6. The summed E-state index contributed by atoms with van der Waals surface area (Å²) in [5, 5.41) is 37.3. The van der Waals surface area contributed by atoms with Gasteiger partial charge in [0.05, 0.1) is 31.0 Å². The maximum absolute atomic E-state index is 14.3. The first-order valence-corrected chi connectivity index (χ1v) is 19.8. The average Bonchev–Trinajstić information content (AvgIpc) is 3.76. The van der Waals surface area contributed by atoms with Crippen LogP contribution in [-0.4, -0.2) is 70.1 Å². The molecule has 5 unspecified atom stereocenters. The highest BCUT2D eigenvalue weighted by molar-refractivity contribution is 7.09. The predicted molar refractivity (Wildman–Crippen MR) is 210 cm³/mol. The molecule has 1 fully saturated rings. The molecule has 4 aromatic rings. The van der Waals surface area contributed by atoms with Gasteiger partial charge in [-0.3, -0.25) is 9.69 Å². The van der Waals surface area contributed by atoms with E-state index in [1.807, 2.05) is 66.7 Å². The summed E-state index contributed by atoms with van der Waals surface area (Å²) >= 11 is 1.73. The first kappa shape index (κ1) is 38.3. The van der Waals surface area contributed by atoms with E-state index in [2.05, 4.69) is 54.5 Å². The van der Waals surface area contributed by atoms with Crippen LogP contribution in [0.4, 0.5) is 0 Å². The number of ketones is 1. The van der Waals surface area contributed by atoms with Crippen LogP contribution in [0, 0.1) is 5.41 Å². The quantitative estimate of drug-likeness (QED) is 0.0955. The molecule has 6 nitrogen and oxygen atoms in total. The lowest BCUT2D eigenvalue weighted by Gasteiger charge is -2.46. The highest BCUT2D eigenvalue weighted by Crippen LogP contribution is 2.59. The Labute approximate surface area is 313 Å². The third-order valence-corrected chi connectivity index (χ3v) is 12.5. The number of aliphatic hydroxyl groups is 3. The Kier molecular flexibility index (Phi) is 13.0. The van der Waals surface area contributed by atoms with Crippen molar-refractivity contribution in [3.8, 4) is 0 Å². The Bertz CT molecular complexity index is 1760. The number of fused-ring (bicyclic) bond motifs is 8. The standard InChI is InChI=1S/C45H55NO5S/c1-33-11-9-23-44(2)42(40-20-18-35(27-37(47)19-17-33)28-41(40)43(49)36-14-7-4-8-15-36)21-24-45(44,50)32-46(25-22-39-16-10-26-52-39)29-38(48)31-51-30-34-12-5-3-6-13-34/h3-8,10-16,18,20,26,28,37-38,42,47-48,50H,9,17,19,21-25,27,29-32H2,1-2H3. The van der Waals surface area contributed by atoms with Gasteiger partial charge in [-0.1, -0.05) is 97.4 Å². The second-order valence-corrected chi connectivity index (χ2v) is 16.4. The van der Waals surface area contributed by atoms with E-state index in [1.54, 1.807) is 11.3 Å². The molecule has 1 saturated carbocycles. The van der Waals surface area contributed by atoms with Crippen molar-refractivity contribution < 1.29 is 24.9 Å². The van der Waals surface area contributed by atoms with E-state index in [1.165, 1.54) is 10.5 Å². The molecular formula is C45H55NO5S. The van der Waals surface area contributed by atoms with Gasteiger partial charge in [-0.05, 0) is 98.4 Å². The SMILES string of the molecule is CC1=CCCC2(C)C(CCC2(O)CN(CCc2cccs2)CC(O)COCc2ccccc2)c2ccc(cc2C(=O)c2ccccc2)CC(O)CC1. The lowest BCUT2D eigenvalue weighted by Crippen LogP contribution is -2.54. The molecule has 0 spiro atoms. The van der Waals surface area contributed by atoms with Gasteiger partial charge < -0.3 is 20.1 Å². The van der Waals surface area contributed by atoms with Crippen molar-refractivity contribution in [3.63, 3.8) is 0 Å². The fraction of sp³-hybridized carbons (Fsp3) is 0.444. The van der Waals surface area contributed by atoms with Crippen molar-refractivity contribution in [2.24, 2.45) is 5.41 Å². The Balaban J connectivity index is 1.31. The summed E-state index contributed by atoms with van der Waals surface area (Å²) in [7, 11) is 0. The highest BCUT2D eigenvalue weighted by Gasteiger charge is 2.57. The summed E-state index contributed by atoms with van der Waals surface area (Å²) < 4.78 is 5.94. The third-order valence-electron chi connectivity index (χ3n) is 11.6. The van der Waals surface area contributed by atoms with Gasteiger partial charge in [0.15, 0.2) is 5.78 Å². The van der Waals surface area contributed by atoms with Crippen LogP contribution in [0.3, 0.4) is 0 Å². The van der Waals surface area contributed by atoms with Crippen LogP contribution in [0.25, 0.3) is 0 Å². The summed E-state index contributed by atoms with van der Waals surface area (Å²) in [6.45, 7) is 6.51. The van der Waals surface area contributed by atoms with Gasteiger partial charge in [0.25, 0.3) is 0 Å².